The Morgan fingerprint density at radius 3 is 2.14 bits per heavy atom. The second-order valence-electron chi connectivity index (χ2n) is 11.2. The van der Waals surface area contributed by atoms with Crippen molar-refractivity contribution in [1.29, 1.82) is 5.26 Å². The SMILES string of the molecule is CCCCN(CCCC)c1nc(-c2ccccc2)c(/C=C2\C(=O)N(N(C(C)=O)C(=O)C(C)(C)C)C(=O)C(C#N)=C2C)s1. The van der Waals surface area contributed by atoms with Crippen LogP contribution in [0.15, 0.2) is 47.1 Å². The molecular weight excluding hydrogens is 550 g/mol. The van der Waals surface area contributed by atoms with E-state index in [2.05, 4.69) is 18.7 Å². The highest BCUT2D eigenvalue weighted by Gasteiger charge is 2.45. The maximum absolute atomic E-state index is 14.0. The lowest BCUT2D eigenvalue weighted by atomic mass is 9.93. The number of aromatic nitrogens is 1. The molecule has 10 heteroatoms. The van der Waals surface area contributed by atoms with Gasteiger partial charge in [-0.05, 0) is 31.4 Å². The van der Waals surface area contributed by atoms with Crippen LogP contribution in [-0.2, 0) is 19.2 Å². The first-order chi connectivity index (χ1) is 19.9. The third-order valence-electron chi connectivity index (χ3n) is 6.85. The van der Waals surface area contributed by atoms with Gasteiger partial charge in [0.15, 0.2) is 5.13 Å². The highest BCUT2D eigenvalue weighted by Crippen LogP contribution is 2.38. The van der Waals surface area contributed by atoms with Crippen LogP contribution in [-0.4, -0.2) is 51.7 Å². The summed E-state index contributed by atoms with van der Waals surface area (Å²) < 4.78 is 0. The van der Waals surface area contributed by atoms with Crippen LogP contribution in [0, 0.1) is 16.7 Å². The molecular formula is C32H39N5O4S. The van der Waals surface area contributed by atoms with Crippen LogP contribution in [0.5, 0.6) is 0 Å². The van der Waals surface area contributed by atoms with Gasteiger partial charge in [-0.1, -0.05) is 89.1 Å². The van der Waals surface area contributed by atoms with Crippen molar-refractivity contribution in [2.45, 2.75) is 74.1 Å². The normalized spacial score (nSPS) is 14.8. The molecule has 0 fully saturated rings. The van der Waals surface area contributed by atoms with Crippen molar-refractivity contribution in [3.63, 3.8) is 0 Å². The second kappa shape index (κ2) is 13.7. The number of carbonyl (C=O) groups is 4. The number of hydrazine groups is 1. The van der Waals surface area contributed by atoms with Gasteiger partial charge in [-0.2, -0.15) is 15.3 Å². The topological polar surface area (TPSA) is 115 Å². The highest BCUT2D eigenvalue weighted by molar-refractivity contribution is 7.17. The van der Waals surface area contributed by atoms with E-state index in [1.54, 1.807) is 26.8 Å². The fraction of sp³-hybridized carbons (Fsp3) is 0.438. The quantitative estimate of drug-likeness (QED) is 0.241. The summed E-state index contributed by atoms with van der Waals surface area (Å²) in [5, 5.41) is 11.8. The molecule has 222 valence electrons. The van der Waals surface area contributed by atoms with Crippen molar-refractivity contribution in [2.24, 2.45) is 5.41 Å². The van der Waals surface area contributed by atoms with E-state index < -0.39 is 29.0 Å². The van der Waals surface area contributed by atoms with Crippen LogP contribution in [0.25, 0.3) is 17.3 Å². The number of hydrogen-bond acceptors (Lipinski definition) is 8. The molecule has 1 aromatic carbocycles. The van der Waals surface area contributed by atoms with Crippen molar-refractivity contribution >= 4 is 46.2 Å². The van der Waals surface area contributed by atoms with Crippen LogP contribution in [0.2, 0.25) is 0 Å². The summed E-state index contributed by atoms with van der Waals surface area (Å²) in [5.41, 5.74) is 0.347. The van der Waals surface area contributed by atoms with Crippen molar-refractivity contribution in [3.8, 4) is 17.3 Å². The van der Waals surface area contributed by atoms with Crippen LogP contribution >= 0.6 is 11.3 Å². The van der Waals surface area contributed by atoms with Crippen LogP contribution in [0.3, 0.4) is 0 Å². The number of rotatable bonds is 10. The molecule has 0 spiro atoms. The Bertz CT molecular complexity index is 1450. The first-order valence-corrected chi connectivity index (χ1v) is 15.1. The van der Waals surface area contributed by atoms with E-state index in [0.717, 1.165) is 56.4 Å². The van der Waals surface area contributed by atoms with Gasteiger partial charge in [0.1, 0.15) is 11.6 Å². The minimum Gasteiger partial charge on any atom is -0.348 e. The molecule has 2 aromatic rings. The molecule has 1 aromatic heterocycles. The van der Waals surface area contributed by atoms with Gasteiger partial charge in [0.05, 0.1) is 10.6 Å². The molecule has 1 aliphatic heterocycles. The van der Waals surface area contributed by atoms with Gasteiger partial charge in [0, 0.05) is 36.6 Å². The zero-order valence-corrected chi connectivity index (χ0v) is 26.3. The predicted octanol–water partition coefficient (Wildman–Crippen LogP) is 6.15. The Morgan fingerprint density at radius 1 is 1.05 bits per heavy atom. The van der Waals surface area contributed by atoms with E-state index in [4.69, 9.17) is 4.98 Å². The number of thiazole rings is 1. The summed E-state index contributed by atoms with van der Waals surface area (Å²) >= 11 is 1.43. The number of nitriles is 1. The molecule has 42 heavy (non-hydrogen) atoms. The Balaban J connectivity index is 2.25. The first kappa shape index (κ1) is 32.4. The van der Waals surface area contributed by atoms with E-state index in [0.29, 0.717) is 20.6 Å². The van der Waals surface area contributed by atoms with Crippen LogP contribution in [0.1, 0.15) is 79.0 Å². The molecule has 0 N–H and O–H groups in total. The lowest BCUT2D eigenvalue weighted by Crippen LogP contribution is -2.59. The summed E-state index contributed by atoms with van der Waals surface area (Å²) in [6.45, 7) is 13.4. The molecule has 0 atom stereocenters. The molecule has 0 saturated heterocycles. The molecule has 0 aliphatic carbocycles. The first-order valence-electron chi connectivity index (χ1n) is 14.2. The van der Waals surface area contributed by atoms with Gasteiger partial charge in [-0.15, -0.1) is 0 Å². The number of hydrogen-bond donors (Lipinski definition) is 0. The molecule has 9 nitrogen and oxygen atoms in total. The molecule has 1 aliphatic rings. The summed E-state index contributed by atoms with van der Waals surface area (Å²) in [6.07, 6.45) is 5.71. The largest absolute Gasteiger partial charge is 0.348 e. The van der Waals surface area contributed by atoms with Gasteiger partial charge in [0.2, 0.25) is 5.91 Å². The van der Waals surface area contributed by atoms with Crippen molar-refractivity contribution in [1.82, 2.24) is 15.0 Å². The van der Waals surface area contributed by atoms with Crippen LogP contribution in [0.4, 0.5) is 5.13 Å². The Kier molecular flexibility index (Phi) is 10.6. The molecule has 0 saturated carbocycles. The van der Waals surface area contributed by atoms with E-state index in [9.17, 15) is 24.4 Å². The van der Waals surface area contributed by atoms with E-state index >= 15 is 0 Å². The number of amides is 4. The second-order valence-corrected chi connectivity index (χ2v) is 12.3. The molecule has 0 bridgehead atoms. The molecule has 2 heterocycles. The maximum Gasteiger partial charge on any atom is 0.291 e. The molecule has 0 radical (unpaired) electrons. The zero-order valence-electron chi connectivity index (χ0n) is 25.5. The monoisotopic (exact) mass is 589 g/mol. The number of nitrogens with zero attached hydrogens (tertiary/aromatic N) is 5. The molecule has 0 unspecified atom stereocenters. The summed E-state index contributed by atoms with van der Waals surface area (Å²) in [5.74, 6) is -3.41. The van der Waals surface area contributed by atoms with Crippen molar-refractivity contribution < 1.29 is 19.2 Å². The average Bonchev–Trinajstić information content (AvgIpc) is 3.37. The summed E-state index contributed by atoms with van der Waals surface area (Å²) in [7, 11) is 0. The molecule has 3 rings (SSSR count). The van der Waals surface area contributed by atoms with Gasteiger partial charge in [-0.3, -0.25) is 19.2 Å². The Morgan fingerprint density at radius 2 is 1.64 bits per heavy atom. The third kappa shape index (κ3) is 6.85. The van der Waals surface area contributed by atoms with Crippen molar-refractivity contribution in [2.75, 3.05) is 18.0 Å². The smallest absolute Gasteiger partial charge is 0.291 e. The summed E-state index contributed by atoms with van der Waals surface area (Å²) in [4.78, 5) is 61.2. The fourth-order valence-corrected chi connectivity index (χ4v) is 5.51. The standard InChI is InChI=1S/C32H39N5O4S/c1-8-10-17-35(18-11-9-2)31-34-27(23-15-13-12-14-16-23)26(42-31)19-24-21(3)25(20-33)29(40)37(28(24)39)36(22(4)38)30(41)32(5,6)7/h12-16,19H,8-11,17-18H2,1-7H3/b24-19-. The van der Waals surface area contributed by atoms with Gasteiger partial charge >= 0.3 is 0 Å². The van der Waals surface area contributed by atoms with Gasteiger partial charge in [0.25, 0.3) is 17.7 Å². The highest BCUT2D eigenvalue weighted by atomic mass is 32.1. The number of carbonyl (C=O) groups excluding carboxylic acids is 4. The zero-order chi connectivity index (χ0) is 31.2. The van der Waals surface area contributed by atoms with E-state index in [1.165, 1.54) is 18.3 Å². The third-order valence-corrected chi connectivity index (χ3v) is 7.91. The minimum absolute atomic E-state index is 0.0418. The van der Waals surface area contributed by atoms with E-state index in [1.807, 2.05) is 36.4 Å². The van der Waals surface area contributed by atoms with Gasteiger partial charge < -0.3 is 4.90 Å². The number of anilines is 1. The Hall–Kier alpha value is -4.10. The summed E-state index contributed by atoms with van der Waals surface area (Å²) in [6, 6.07) is 11.5. The van der Waals surface area contributed by atoms with Crippen molar-refractivity contribution in [3.05, 3.63) is 51.9 Å². The number of imide groups is 2. The van der Waals surface area contributed by atoms with Gasteiger partial charge in [-0.25, -0.2) is 4.98 Å². The number of benzene rings is 1. The Labute approximate surface area is 252 Å². The lowest BCUT2D eigenvalue weighted by molar-refractivity contribution is -0.180. The fourth-order valence-electron chi connectivity index (χ4n) is 4.43. The molecule has 4 amide bonds. The lowest BCUT2D eigenvalue weighted by Gasteiger charge is -2.37. The predicted molar refractivity (Wildman–Crippen MR) is 165 cm³/mol. The maximum atomic E-state index is 14.0. The average molecular weight is 590 g/mol. The van der Waals surface area contributed by atoms with E-state index in [-0.39, 0.29) is 16.7 Å². The van der Waals surface area contributed by atoms with Crippen LogP contribution < -0.4 is 4.90 Å². The number of unbranched alkanes of at least 4 members (excludes halogenated alkanes) is 2. The minimum atomic E-state index is -1.08.